The second-order valence-electron chi connectivity index (χ2n) is 2.33. The van der Waals surface area contributed by atoms with Gasteiger partial charge in [0, 0.05) is 11.9 Å². The highest BCUT2D eigenvalue weighted by atomic mass is 35.5. The number of hydrogen-bond donors (Lipinski definition) is 1. The van der Waals surface area contributed by atoms with E-state index < -0.39 is 0 Å². The first-order chi connectivity index (χ1) is 5.47. The Morgan fingerprint density at radius 3 is 2.92 bits per heavy atom. The van der Waals surface area contributed by atoms with Crippen LogP contribution in [0, 0.1) is 0 Å². The maximum absolute atomic E-state index is 3.97. The highest BCUT2D eigenvalue weighted by Crippen LogP contribution is 2.16. The lowest BCUT2D eigenvalue weighted by atomic mass is 10.2. The molecule has 1 heterocycles. The minimum Gasteiger partial charge on any atom is -0.346 e. The summed E-state index contributed by atoms with van der Waals surface area (Å²) in [6.45, 7) is 0. The van der Waals surface area contributed by atoms with Gasteiger partial charge in [0.25, 0.3) is 0 Å². The summed E-state index contributed by atoms with van der Waals surface area (Å²) in [5.74, 6) is 0. The van der Waals surface area contributed by atoms with E-state index in [1.54, 1.807) is 12.5 Å². The number of para-hydroxylation sites is 1. The smallest absolute Gasteiger partial charge is 0.0923 e. The van der Waals surface area contributed by atoms with Crippen molar-refractivity contribution in [2.24, 2.45) is 4.99 Å². The lowest BCUT2D eigenvalue weighted by molar-refractivity contribution is 1.61. The van der Waals surface area contributed by atoms with E-state index in [4.69, 9.17) is 0 Å². The van der Waals surface area contributed by atoms with Crippen LogP contribution in [0.15, 0.2) is 35.5 Å². The molecule has 0 aromatic heterocycles. The first-order valence-corrected chi connectivity index (χ1v) is 3.50. The fourth-order valence-corrected chi connectivity index (χ4v) is 1.05. The van der Waals surface area contributed by atoms with Crippen LogP contribution in [-0.4, -0.2) is 6.34 Å². The van der Waals surface area contributed by atoms with E-state index in [-0.39, 0.29) is 12.4 Å². The normalized spacial score (nSPS) is 12.3. The van der Waals surface area contributed by atoms with Gasteiger partial charge in [-0.25, -0.2) is 4.99 Å². The lowest BCUT2D eigenvalue weighted by Gasteiger charge is -2.01. The zero-order valence-corrected chi connectivity index (χ0v) is 7.21. The molecule has 2 rings (SSSR count). The second kappa shape index (κ2) is 3.93. The van der Waals surface area contributed by atoms with Crippen molar-refractivity contribution in [2.45, 2.75) is 0 Å². The highest BCUT2D eigenvalue weighted by molar-refractivity contribution is 5.85. The number of halogens is 1. The topological polar surface area (TPSA) is 24.4 Å². The van der Waals surface area contributed by atoms with Crippen molar-refractivity contribution in [1.82, 2.24) is 0 Å². The van der Waals surface area contributed by atoms with Crippen LogP contribution in [0.3, 0.4) is 0 Å². The molecule has 0 atom stereocenters. The Hall–Kier alpha value is -1.28. The fraction of sp³-hybridized carbons (Fsp3) is 0. The van der Waals surface area contributed by atoms with E-state index in [1.165, 1.54) is 5.56 Å². The Balaban J connectivity index is 0.000000720. The van der Waals surface area contributed by atoms with E-state index in [0.717, 1.165) is 5.69 Å². The molecule has 1 aliphatic heterocycles. The van der Waals surface area contributed by atoms with Gasteiger partial charge in [0.2, 0.25) is 0 Å². The number of anilines is 1. The van der Waals surface area contributed by atoms with Gasteiger partial charge in [-0.1, -0.05) is 18.2 Å². The predicted molar refractivity (Wildman–Crippen MR) is 54.8 cm³/mol. The second-order valence-corrected chi connectivity index (χ2v) is 2.33. The van der Waals surface area contributed by atoms with Crippen molar-refractivity contribution < 1.29 is 0 Å². The summed E-state index contributed by atoms with van der Waals surface area (Å²) < 4.78 is 0. The number of hydrogen-bond acceptors (Lipinski definition) is 2. The predicted octanol–water partition coefficient (Wildman–Crippen LogP) is 2.53. The third-order valence-electron chi connectivity index (χ3n) is 1.60. The molecule has 1 aromatic rings. The molecule has 0 fully saturated rings. The molecule has 62 valence electrons. The molecular weight excluding hydrogens is 172 g/mol. The third-order valence-corrected chi connectivity index (χ3v) is 1.60. The van der Waals surface area contributed by atoms with Crippen molar-refractivity contribution in [3.63, 3.8) is 0 Å². The molecule has 2 nitrogen and oxygen atoms in total. The van der Waals surface area contributed by atoms with Crippen LogP contribution in [0.2, 0.25) is 0 Å². The molecule has 1 aromatic carbocycles. The van der Waals surface area contributed by atoms with Crippen LogP contribution in [0.1, 0.15) is 5.56 Å². The van der Waals surface area contributed by atoms with Crippen molar-refractivity contribution >= 4 is 30.5 Å². The average molecular weight is 181 g/mol. The lowest BCUT2D eigenvalue weighted by Crippen LogP contribution is -1.93. The largest absolute Gasteiger partial charge is 0.346 e. The minimum atomic E-state index is 0. The molecule has 1 N–H and O–H groups in total. The van der Waals surface area contributed by atoms with Crippen molar-refractivity contribution in [3.05, 3.63) is 36.0 Å². The number of nitrogens with one attached hydrogen (secondary N) is 1. The van der Waals surface area contributed by atoms with Crippen molar-refractivity contribution in [1.29, 1.82) is 0 Å². The average Bonchev–Trinajstić information content (AvgIpc) is 2.28. The summed E-state index contributed by atoms with van der Waals surface area (Å²) >= 11 is 0. The van der Waals surface area contributed by atoms with Gasteiger partial charge in [-0.05, 0) is 17.7 Å². The Bertz CT molecular complexity index is 318. The number of fused-ring (bicyclic) bond motifs is 1. The first-order valence-electron chi connectivity index (χ1n) is 3.50. The zero-order chi connectivity index (χ0) is 7.52. The summed E-state index contributed by atoms with van der Waals surface area (Å²) in [5.41, 5.74) is 2.27. The Morgan fingerprint density at radius 2 is 2.00 bits per heavy atom. The molecular formula is C9H9ClN2. The maximum Gasteiger partial charge on any atom is 0.0923 e. The number of benzene rings is 1. The van der Waals surface area contributed by atoms with Crippen LogP contribution in [-0.2, 0) is 0 Å². The summed E-state index contributed by atoms with van der Waals surface area (Å²) in [4.78, 5) is 3.97. The number of aliphatic imine (C=N–C) groups is 1. The van der Waals surface area contributed by atoms with Crippen molar-refractivity contribution in [2.75, 3.05) is 5.32 Å². The molecule has 0 aliphatic carbocycles. The number of nitrogens with zero attached hydrogens (tertiary/aromatic N) is 1. The Morgan fingerprint density at radius 1 is 1.17 bits per heavy atom. The standard InChI is InChI=1S/C9H8N2.ClH/c1-2-4-9-8(3-1)5-6-10-7-11-9;/h1-7H,(H,10,11);1H. The van der Waals surface area contributed by atoms with Gasteiger partial charge < -0.3 is 5.32 Å². The van der Waals surface area contributed by atoms with E-state index in [1.807, 2.05) is 30.3 Å². The Kier molecular flexibility index (Phi) is 2.88. The van der Waals surface area contributed by atoms with Gasteiger partial charge in [-0.3, -0.25) is 0 Å². The molecule has 12 heavy (non-hydrogen) atoms. The molecule has 0 spiro atoms. The molecule has 0 amide bonds. The molecule has 0 saturated carbocycles. The molecule has 0 saturated heterocycles. The summed E-state index contributed by atoms with van der Waals surface area (Å²) in [5, 5.41) is 3.07. The van der Waals surface area contributed by atoms with Gasteiger partial charge in [-0.15, -0.1) is 12.4 Å². The quantitative estimate of drug-likeness (QED) is 0.652. The summed E-state index contributed by atoms with van der Waals surface area (Å²) in [7, 11) is 0. The van der Waals surface area contributed by atoms with Gasteiger partial charge in [-0.2, -0.15) is 0 Å². The first kappa shape index (κ1) is 8.81. The van der Waals surface area contributed by atoms with Crippen LogP contribution in [0.5, 0.6) is 0 Å². The SMILES string of the molecule is C1=Cc2ccccc2NC=N1.Cl. The van der Waals surface area contributed by atoms with Crippen LogP contribution >= 0.6 is 12.4 Å². The van der Waals surface area contributed by atoms with E-state index in [2.05, 4.69) is 10.3 Å². The summed E-state index contributed by atoms with van der Waals surface area (Å²) in [6.07, 6.45) is 5.44. The zero-order valence-electron chi connectivity index (χ0n) is 6.40. The third kappa shape index (κ3) is 1.66. The molecule has 0 radical (unpaired) electrons. The van der Waals surface area contributed by atoms with Crippen molar-refractivity contribution in [3.8, 4) is 0 Å². The van der Waals surface area contributed by atoms with Gasteiger partial charge in [0.05, 0.1) is 6.34 Å². The van der Waals surface area contributed by atoms with Gasteiger partial charge in [0.15, 0.2) is 0 Å². The van der Waals surface area contributed by atoms with Gasteiger partial charge in [0.1, 0.15) is 0 Å². The molecule has 3 heteroatoms. The van der Waals surface area contributed by atoms with E-state index in [0.29, 0.717) is 0 Å². The highest BCUT2D eigenvalue weighted by Gasteiger charge is 1.96. The summed E-state index contributed by atoms with van der Waals surface area (Å²) in [6, 6.07) is 8.08. The molecule has 0 unspecified atom stereocenters. The molecule has 1 aliphatic rings. The van der Waals surface area contributed by atoms with E-state index in [9.17, 15) is 0 Å². The Labute approximate surface area is 77.4 Å². The maximum atomic E-state index is 3.97. The van der Waals surface area contributed by atoms with Crippen LogP contribution < -0.4 is 5.32 Å². The van der Waals surface area contributed by atoms with Gasteiger partial charge >= 0.3 is 0 Å². The fourth-order valence-electron chi connectivity index (χ4n) is 1.05. The monoisotopic (exact) mass is 180 g/mol. The minimum absolute atomic E-state index is 0. The number of rotatable bonds is 0. The van der Waals surface area contributed by atoms with Crippen LogP contribution in [0.25, 0.3) is 6.08 Å². The molecule has 0 bridgehead atoms. The van der Waals surface area contributed by atoms with E-state index >= 15 is 0 Å². The van der Waals surface area contributed by atoms with Crippen LogP contribution in [0.4, 0.5) is 5.69 Å².